The van der Waals surface area contributed by atoms with E-state index in [4.69, 9.17) is 11.6 Å². The van der Waals surface area contributed by atoms with Crippen molar-refractivity contribution in [2.45, 2.75) is 6.42 Å². The van der Waals surface area contributed by atoms with Crippen molar-refractivity contribution in [1.29, 1.82) is 0 Å². The number of hydrogen-bond acceptors (Lipinski definition) is 1. The van der Waals surface area contributed by atoms with Crippen LogP contribution in [0.5, 0.6) is 0 Å². The molecule has 0 aliphatic carbocycles. The van der Waals surface area contributed by atoms with Gasteiger partial charge in [0.1, 0.15) is 17.5 Å². The fraction of sp³-hybridized carbons (Fsp3) is 0.0714. The third kappa shape index (κ3) is 3.35. The molecule has 98 valence electrons. The molecule has 0 saturated heterocycles. The van der Waals surface area contributed by atoms with Gasteiger partial charge in [0.25, 0.3) is 0 Å². The summed E-state index contributed by atoms with van der Waals surface area (Å²) in [6.45, 7) is 0. The maximum atomic E-state index is 13.0. The van der Waals surface area contributed by atoms with Crippen LogP contribution in [0.4, 0.5) is 13.2 Å². The standard InChI is InChI=1S/C14H8ClF3O/c15-13-2-1-10(16)3-8(13)6-14(19)9-4-11(17)7-12(18)5-9/h1-5,7H,6H2. The molecule has 0 unspecified atom stereocenters. The molecule has 0 N–H and O–H groups in total. The Morgan fingerprint density at radius 1 is 0.947 bits per heavy atom. The minimum absolute atomic E-state index is 0.113. The van der Waals surface area contributed by atoms with E-state index in [1.807, 2.05) is 0 Å². The molecule has 1 nitrogen and oxygen atoms in total. The maximum Gasteiger partial charge on any atom is 0.167 e. The van der Waals surface area contributed by atoms with Crippen molar-refractivity contribution in [3.63, 3.8) is 0 Å². The van der Waals surface area contributed by atoms with E-state index in [9.17, 15) is 18.0 Å². The third-order valence-corrected chi connectivity index (χ3v) is 2.91. The molecular formula is C14H8ClF3O. The first-order valence-corrected chi connectivity index (χ1v) is 5.77. The first-order valence-electron chi connectivity index (χ1n) is 5.39. The predicted octanol–water partition coefficient (Wildman–Crippen LogP) is 4.18. The molecule has 0 aromatic heterocycles. The van der Waals surface area contributed by atoms with Gasteiger partial charge < -0.3 is 0 Å². The van der Waals surface area contributed by atoms with Crippen LogP contribution in [0.15, 0.2) is 36.4 Å². The maximum absolute atomic E-state index is 13.0. The number of rotatable bonds is 3. The highest BCUT2D eigenvalue weighted by Gasteiger charge is 2.12. The smallest absolute Gasteiger partial charge is 0.167 e. The fourth-order valence-electron chi connectivity index (χ4n) is 1.67. The average Bonchev–Trinajstić information content (AvgIpc) is 2.32. The Kier molecular flexibility index (Phi) is 3.90. The van der Waals surface area contributed by atoms with Crippen molar-refractivity contribution < 1.29 is 18.0 Å². The summed E-state index contributed by atoms with van der Waals surface area (Å²) in [4.78, 5) is 11.9. The Bertz CT molecular complexity index is 620. The monoisotopic (exact) mass is 284 g/mol. The van der Waals surface area contributed by atoms with Gasteiger partial charge in [0.2, 0.25) is 0 Å². The van der Waals surface area contributed by atoms with Gasteiger partial charge in [-0.25, -0.2) is 13.2 Å². The van der Waals surface area contributed by atoms with Gasteiger partial charge in [-0.15, -0.1) is 0 Å². The number of carbonyl (C=O) groups excluding carboxylic acids is 1. The minimum atomic E-state index is -0.839. The van der Waals surface area contributed by atoms with Crippen LogP contribution in [0, 0.1) is 17.5 Å². The van der Waals surface area contributed by atoms with Crippen LogP contribution in [0.1, 0.15) is 15.9 Å². The molecule has 0 bridgehead atoms. The van der Waals surface area contributed by atoms with E-state index in [-0.39, 0.29) is 22.6 Å². The number of ketones is 1. The van der Waals surface area contributed by atoms with Crippen LogP contribution in [0.3, 0.4) is 0 Å². The van der Waals surface area contributed by atoms with Gasteiger partial charge in [0.15, 0.2) is 5.78 Å². The van der Waals surface area contributed by atoms with E-state index in [1.54, 1.807) is 0 Å². The van der Waals surface area contributed by atoms with Gasteiger partial charge in [0.05, 0.1) is 0 Å². The number of Topliss-reactive ketones (excluding diaryl/α,β-unsaturated/α-hetero) is 1. The van der Waals surface area contributed by atoms with Gasteiger partial charge >= 0.3 is 0 Å². The molecule has 0 aliphatic heterocycles. The number of halogens is 4. The quantitative estimate of drug-likeness (QED) is 0.773. The van der Waals surface area contributed by atoms with Gasteiger partial charge in [0, 0.05) is 23.1 Å². The molecule has 0 amide bonds. The second kappa shape index (κ2) is 5.45. The molecule has 0 heterocycles. The summed E-state index contributed by atoms with van der Waals surface area (Å²) in [5, 5.41) is 0.228. The van der Waals surface area contributed by atoms with Crippen LogP contribution in [-0.2, 0) is 6.42 Å². The highest BCUT2D eigenvalue weighted by atomic mass is 35.5. The number of hydrogen-bond donors (Lipinski definition) is 0. The first kappa shape index (κ1) is 13.6. The summed E-state index contributed by atoms with van der Waals surface area (Å²) in [6.07, 6.45) is -0.223. The number of carbonyl (C=O) groups is 1. The van der Waals surface area contributed by atoms with Crippen LogP contribution in [0.25, 0.3) is 0 Å². The molecule has 0 saturated carbocycles. The van der Waals surface area contributed by atoms with E-state index in [2.05, 4.69) is 0 Å². The molecule has 2 rings (SSSR count). The van der Waals surface area contributed by atoms with E-state index in [0.717, 1.165) is 24.3 Å². The summed E-state index contributed by atoms with van der Waals surface area (Å²) >= 11 is 5.82. The molecule has 2 aromatic carbocycles. The highest BCUT2D eigenvalue weighted by Crippen LogP contribution is 2.19. The molecule has 2 aromatic rings. The van der Waals surface area contributed by atoms with Crippen LogP contribution >= 0.6 is 11.6 Å². The van der Waals surface area contributed by atoms with Gasteiger partial charge in [-0.3, -0.25) is 4.79 Å². The molecular weight excluding hydrogens is 277 g/mol. The fourth-order valence-corrected chi connectivity index (χ4v) is 1.85. The normalized spacial score (nSPS) is 10.5. The Morgan fingerprint density at radius 2 is 1.58 bits per heavy atom. The second-order valence-electron chi connectivity index (χ2n) is 3.99. The second-order valence-corrected chi connectivity index (χ2v) is 4.40. The van der Waals surface area contributed by atoms with Gasteiger partial charge in [-0.05, 0) is 35.9 Å². The van der Waals surface area contributed by atoms with Crippen molar-refractivity contribution >= 4 is 17.4 Å². The molecule has 19 heavy (non-hydrogen) atoms. The lowest BCUT2D eigenvalue weighted by Gasteiger charge is -2.05. The lowest BCUT2D eigenvalue weighted by molar-refractivity contribution is 0.0992. The van der Waals surface area contributed by atoms with Crippen LogP contribution in [-0.4, -0.2) is 5.78 Å². The SMILES string of the molecule is O=C(Cc1cc(F)ccc1Cl)c1cc(F)cc(F)c1. The molecule has 0 aliphatic rings. The molecule has 0 spiro atoms. The van der Waals surface area contributed by atoms with E-state index >= 15 is 0 Å². The van der Waals surface area contributed by atoms with E-state index in [0.29, 0.717) is 6.07 Å². The summed E-state index contributed by atoms with van der Waals surface area (Å²) in [5.74, 6) is -2.74. The number of benzene rings is 2. The molecule has 0 atom stereocenters. The van der Waals surface area contributed by atoms with Crippen LogP contribution in [0.2, 0.25) is 5.02 Å². The molecule has 0 fully saturated rings. The zero-order chi connectivity index (χ0) is 14.0. The summed E-state index contributed by atoms with van der Waals surface area (Å²) < 4.78 is 39.0. The topological polar surface area (TPSA) is 17.1 Å². The van der Waals surface area contributed by atoms with E-state index < -0.39 is 23.2 Å². The van der Waals surface area contributed by atoms with Gasteiger partial charge in [-0.1, -0.05) is 11.6 Å². The Labute approximate surface area is 112 Å². The lowest BCUT2D eigenvalue weighted by atomic mass is 10.0. The largest absolute Gasteiger partial charge is 0.294 e. The Hall–Kier alpha value is -1.81. The highest BCUT2D eigenvalue weighted by molar-refractivity contribution is 6.31. The van der Waals surface area contributed by atoms with Crippen molar-refractivity contribution in [2.75, 3.05) is 0 Å². The van der Waals surface area contributed by atoms with Crippen molar-refractivity contribution in [3.8, 4) is 0 Å². The lowest BCUT2D eigenvalue weighted by Crippen LogP contribution is -2.05. The van der Waals surface area contributed by atoms with E-state index in [1.165, 1.54) is 6.07 Å². The first-order chi connectivity index (χ1) is 8.95. The molecule has 5 heteroatoms. The Morgan fingerprint density at radius 3 is 2.21 bits per heavy atom. The van der Waals surface area contributed by atoms with Crippen molar-refractivity contribution in [3.05, 3.63) is 70.0 Å². The zero-order valence-electron chi connectivity index (χ0n) is 9.59. The van der Waals surface area contributed by atoms with Crippen molar-refractivity contribution in [2.24, 2.45) is 0 Å². The third-order valence-electron chi connectivity index (χ3n) is 2.54. The van der Waals surface area contributed by atoms with Gasteiger partial charge in [-0.2, -0.15) is 0 Å². The summed E-state index contributed by atoms with van der Waals surface area (Å²) in [5.41, 5.74) is 0.161. The zero-order valence-corrected chi connectivity index (χ0v) is 10.3. The summed E-state index contributed by atoms with van der Waals surface area (Å²) in [7, 11) is 0. The van der Waals surface area contributed by atoms with Crippen molar-refractivity contribution in [1.82, 2.24) is 0 Å². The minimum Gasteiger partial charge on any atom is -0.294 e. The predicted molar refractivity (Wildman–Crippen MR) is 65.8 cm³/mol. The Balaban J connectivity index is 2.28. The molecule has 0 radical (unpaired) electrons. The summed E-state index contributed by atoms with van der Waals surface area (Å²) in [6, 6.07) is 6.14. The average molecular weight is 285 g/mol. The van der Waals surface area contributed by atoms with Crippen LogP contribution < -0.4 is 0 Å².